The van der Waals surface area contributed by atoms with Gasteiger partial charge in [0.25, 0.3) is 0 Å². The summed E-state index contributed by atoms with van der Waals surface area (Å²) in [5, 5.41) is 11.4. The van der Waals surface area contributed by atoms with Gasteiger partial charge in [0.05, 0.1) is 12.2 Å². The molecular formula is C21H27NO3. The van der Waals surface area contributed by atoms with E-state index in [0.29, 0.717) is 26.2 Å². The molecule has 1 fully saturated rings. The van der Waals surface area contributed by atoms with Gasteiger partial charge in [0.1, 0.15) is 12.4 Å². The standard InChI is InChI=1S/C21H27NO3/c1-22(2)14-19-16-24-12-11-21(19,23)18-9-6-10-20(13-18)25-15-17-7-4-3-5-8-17/h3-10,13,19,23H,11-12,14-16H2,1-2H3/t19-,21-/m0/s1. The summed E-state index contributed by atoms with van der Waals surface area (Å²) in [5.41, 5.74) is 1.16. The first-order chi connectivity index (χ1) is 12.1. The maximum Gasteiger partial charge on any atom is 0.120 e. The Balaban J connectivity index is 1.76. The molecule has 0 bridgehead atoms. The summed E-state index contributed by atoms with van der Waals surface area (Å²) < 4.78 is 11.5. The molecule has 25 heavy (non-hydrogen) atoms. The van der Waals surface area contributed by atoms with Crippen LogP contribution < -0.4 is 4.74 Å². The topological polar surface area (TPSA) is 41.9 Å². The predicted octanol–water partition coefficient (Wildman–Crippen LogP) is 3.05. The zero-order chi connectivity index (χ0) is 17.7. The Morgan fingerprint density at radius 1 is 1.16 bits per heavy atom. The molecule has 3 rings (SSSR count). The highest BCUT2D eigenvalue weighted by Gasteiger charge is 2.41. The molecule has 4 nitrogen and oxygen atoms in total. The van der Waals surface area contributed by atoms with E-state index in [-0.39, 0.29) is 5.92 Å². The first-order valence-corrected chi connectivity index (χ1v) is 8.80. The van der Waals surface area contributed by atoms with Crippen LogP contribution in [0.4, 0.5) is 0 Å². The fourth-order valence-corrected chi connectivity index (χ4v) is 3.42. The van der Waals surface area contributed by atoms with Gasteiger partial charge in [0.2, 0.25) is 0 Å². The highest BCUT2D eigenvalue weighted by Crippen LogP contribution is 2.38. The average molecular weight is 341 g/mol. The largest absolute Gasteiger partial charge is 0.489 e. The molecule has 2 aromatic carbocycles. The fraction of sp³-hybridized carbons (Fsp3) is 0.429. The molecule has 2 aromatic rings. The highest BCUT2D eigenvalue weighted by molar-refractivity contribution is 5.33. The molecule has 0 radical (unpaired) electrons. The SMILES string of the molecule is CN(C)C[C@H]1COCC[C@]1(O)c1cccc(OCc2ccccc2)c1. The summed E-state index contributed by atoms with van der Waals surface area (Å²) in [6.07, 6.45) is 0.605. The molecule has 1 aliphatic rings. The Morgan fingerprint density at radius 2 is 1.96 bits per heavy atom. The second-order valence-electron chi connectivity index (χ2n) is 7.01. The van der Waals surface area contributed by atoms with E-state index in [0.717, 1.165) is 23.4 Å². The van der Waals surface area contributed by atoms with Crippen molar-refractivity contribution in [2.45, 2.75) is 18.6 Å². The molecule has 134 valence electrons. The monoisotopic (exact) mass is 341 g/mol. The number of nitrogens with zero attached hydrogens (tertiary/aromatic N) is 1. The maximum absolute atomic E-state index is 11.4. The quantitative estimate of drug-likeness (QED) is 0.877. The molecule has 1 saturated heterocycles. The minimum Gasteiger partial charge on any atom is -0.489 e. The fourth-order valence-electron chi connectivity index (χ4n) is 3.42. The maximum atomic E-state index is 11.4. The molecule has 0 unspecified atom stereocenters. The number of rotatable bonds is 6. The van der Waals surface area contributed by atoms with E-state index >= 15 is 0 Å². The molecule has 0 spiro atoms. The van der Waals surface area contributed by atoms with Crippen molar-refractivity contribution in [3.05, 3.63) is 65.7 Å². The summed E-state index contributed by atoms with van der Waals surface area (Å²) in [6, 6.07) is 17.9. The van der Waals surface area contributed by atoms with Gasteiger partial charge in [-0.2, -0.15) is 0 Å². The van der Waals surface area contributed by atoms with Crippen LogP contribution in [-0.2, 0) is 16.9 Å². The van der Waals surface area contributed by atoms with Crippen LogP contribution in [0.15, 0.2) is 54.6 Å². The Hall–Kier alpha value is -1.88. The summed E-state index contributed by atoms with van der Waals surface area (Å²) in [6.45, 7) is 2.46. The zero-order valence-electron chi connectivity index (χ0n) is 15.0. The molecular weight excluding hydrogens is 314 g/mol. The Kier molecular flexibility index (Phi) is 5.74. The van der Waals surface area contributed by atoms with Crippen molar-refractivity contribution in [2.75, 3.05) is 33.9 Å². The minimum atomic E-state index is -0.880. The van der Waals surface area contributed by atoms with Crippen LogP contribution in [0.25, 0.3) is 0 Å². The van der Waals surface area contributed by atoms with Gasteiger partial charge in [-0.05, 0) is 37.4 Å². The zero-order valence-corrected chi connectivity index (χ0v) is 15.0. The lowest BCUT2D eigenvalue weighted by molar-refractivity contribution is -0.123. The lowest BCUT2D eigenvalue weighted by Crippen LogP contribution is -2.47. The summed E-state index contributed by atoms with van der Waals surface area (Å²) >= 11 is 0. The van der Waals surface area contributed by atoms with Gasteiger partial charge in [-0.3, -0.25) is 0 Å². The van der Waals surface area contributed by atoms with Crippen LogP contribution in [0.1, 0.15) is 17.5 Å². The van der Waals surface area contributed by atoms with Crippen molar-refractivity contribution in [3.63, 3.8) is 0 Å². The van der Waals surface area contributed by atoms with Crippen molar-refractivity contribution in [2.24, 2.45) is 5.92 Å². The van der Waals surface area contributed by atoms with Crippen LogP contribution in [0.5, 0.6) is 5.75 Å². The second-order valence-corrected chi connectivity index (χ2v) is 7.01. The van der Waals surface area contributed by atoms with Crippen LogP contribution in [0.3, 0.4) is 0 Å². The van der Waals surface area contributed by atoms with Gasteiger partial charge in [0.15, 0.2) is 0 Å². The van der Waals surface area contributed by atoms with Crippen molar-refractivity contribution >= 4 is 0 Å². The summed E-state index contributed by atoms with van der Waals surface area (Å²) in [5.74, 6) is 0.825. The summed E-state index contributed by atoms with van der Waals surface area (Å²) in [7, 11) is 4.04. The van der Waals surface area contributed by atoms with Crippen LogP contribution in [0.2, 0.25) is 0 Å². The first kappa shape index (κ1) is 17.9. The number of hydrogen-bond acceptors (Lipinski definition) is 4. The lowest BCUT2D eigenvalue weighted by Gasteiger charge is -2.41. The third-order valence-electron chi connectivity index (χ3n) is 4.79. The van der Waals surface area contributed by atoms with Gasteiger partial charge in [0, 0.05) is 25.5 Å². The number of aliphatic hydroxyl groups is 1. The van der Waals surface area contributed by atoms with Gasteiger partial charge < -0.3 is 19.5 Å². The van der Waals surface area contributed by atoms with Crippen molar-refractivity contribution in [3.8, 4) is 5.75 Å². The molecule has 2 atom stereocenters. The van der Waals surface area contributed by atoms with Crippen LogP contribution in [0, 0.1) is 5.92 Å². The van der Waals surface area contributed by atoms with Gasteiger partial charge >= 0.3 is 0 Å². The van der Waals surface area contributed by atoms with E-state index in [2.05, 4.69) is 4.90 Å². The molecule has 1 aliphatic heterocycles. The van der Waals surface area contributed by atoms with E-state index < -0.39 is 5.60 Å². The third kappa shape index (κ3) is 4.40. The van der Waals surface area contributed by atoms with E-state index in [1.807, 2.05) is 68.7 Å². The molecule has 1 N–H and O–H groups in total. The average Bonchev–Trinajstić information content (AvgIpc) is 2.63. The second kappa shape index (κ2) is 8.00. The van der Waals surface area contributed by atoms with Crippen molar-refractivity contribution in [1.29, 1.82) is 0 Å². The highest BCUT2D eigenvalue weighted by atomic mass is 16.5. The van der Waals surface area contributed by atoms with Crippen LogP contribution in [-0.4, -0.2) is 43.9 Å². The number of benzene rings is 2. The molecule has 4 heteroatoms. The first-order valence-electron chi connectivity index (χ1n) is 8.80. The van der Waals surface area contributed by atoms with E-state index in [4.69, 9.17) is 9.47 Å². The van der Waals surface area contributed by atoms with Gasteiger partial charge in [-0.25, -0.2) is 0 Å². The number of hydrogen-bond donors (Lipinski definition) is 1. The normalized spacial score (nSPS) is 23.6. The molecule has 0 aromatic heterocycles. The molecule has 1 heterocycles. The lowest BCUT2D eigenvalue weighted by atomic mass is 9.77. The van der Waals surface area contributed by atoms with E-state index in [1.54, 1.807) is 0 Å². The Bertz CT molecular complexity index is 674. The van der Waals surface area contributed by atoms with E-state index in [9.17, 15) is 5.11 Å². The van der Waals surface area contributed by atoms with Crippen molar-refractivity contribution < 1.29 is 14.6 Å². The third-order valence-corrected chi connectivity index (χ3v) is 4.79. The molecule has 0 amide bonds. The Labute approximate surface area is 150 Å². The molecule has 0 saturated carbocycles. The van der Waals surface area contributed by atoms with Gasteiger partial charge in [-0.15, -0.1) is 0 Å². The smallest absolute Gasteiger partial charge is 0.120 e. The van der Waals surface area contributed by atoms with Crippen molar-refractivity contribution in [1.82, 2.24) is 4.90 Å². The van der Waals surface area contributed by atoms with Crippen LogP contribution >= 0.6 is 0 Å². The predicted molar refractivity (Wildman–Crippen MR) is 98.6 cm³/mol. The number of ether oxygens (including phenoxy) is 2. The van der Waals surface area contributed by atoms with E-state index in [1.165, 1.54) is 0 Å². The minimum absolute atomic E-state index is 0.0422. The van der Waals surface area contributed by atoms with Gasteiger partial charge in [-0.1, -0.05) is 42.5 Å². The molecule has 0 aliphatic carbocycles. The summed E-state index contributed by atoms with van der Waals surface area (Å²) in [4.78, 5) is 2.10. The Morgan fingerprint density at radius 3 is 2.72 bits per heavy atom.